The number of carbonyl (C=O) groups excluding carboxylic acids is 1. The lowest BCUT2D eigenvalue weighted by Gasteiger charge is -2.08. The molecule has 144 valence electrons. The van der Waals surface area contributed by atoms with Gasteiger partial charge in [-0.25, -0.2) is 0 Å². The van der Waals surface area contributed by atoms with E-state index in [-0.39, 0.29) is 5.57 Å². The first-order valence-electron chi connectivity index (χ1n) is 8.82. The van der Waals surface area contributed by atoms with Crippen LogP contribution in [0.25, 0.3) is 0 Å². The Bertz CT molecular complexity index is 1070. The summed E-state index contributed by atoms with van der Waals surface area (Å²) in [7, 11) is 0. The number of hydrogen-bond donors (Lipinski definition) is 2. The molecule has 0 unspecified atom stereocenters. The van der Waals surface area contributed by atoms with Crippen molar-refractivity contribution in [2.45, 2.75) is 6.92 Å². The summed E-state index contributed by atoms with van der Waals surface area (Å²) in [4.78, 5) is 12.4. The molecule has 0 spiro atoms. The number of nitriles is 1. The summed E-state index contributed by atoms with van der Waals surface area (Å²) in [6.07, 6.45) is 1.39. The average molecular weight is 448 g/mol. The molecule has 0 radical (unpaired) electrons. The van der Waals surface area contributed by atoms with E-state index >= 15 is 0 Å². The maximum absolute atomic E-state index is 12.4. The number of para-hydroxylation sites is 1. The Morgan fingerprint density at radius 1 is 1.00 bits per heavy atom. The molecule has 3 rings (SSSR count). The second kappa shape index (κ2) is 9.58. The number of hydrogen-bond acceptors (Lipinski definition) is 4. The number of anilines is 2. The van der Waals surface area contributed by atoms with Crippen LogP contribution < -0.4 is 15.4 Å². The summed E-state index contributed by atoms with van der Waals surface area (Å²) in [5.41, 5.74) is 2.36. The highest BCUT2D eigenvalue weighted by Gasteiger charge is 2.09. The molecule has 0 fully saturated rings. The summed E-state index contributed by atoms with van der Waals surface area (Å²) >= 11 is 3.44. The fourth-order valence-corrected chi connectivity index (χ4v) is 2.71. The first kappa shape index (κ1) is 20.2. The molecule has 29 heavy (non-hydrogen) atoms. The number of carbonyl (C=O) groups is 1. The number of nitrogens with zero attached hydrogens (tertiary/aromatic N) is 1. The van der Waals surface area contributed by atoms with Gasteiger partial charge < -0.3 is 15.4 Å². The molecule has 6 heteroatoms. The number of ether oxygens (including phenoxy) is 1. The van der Waals surface area contributed by atoms with E-state index in [2.05, 4.69) is 26.6 Å². The van der Waals surface area contributed by atoms with Crippen LogP contribution in [0.3, 0.4) is 0 Å². The molecular weight excluding hydrogens is 430 g/mol. The lowest BCUT2D eigenvalue weighted by molar-refractivity contribution is -0.112. The zero-order valence-corrected chi connectivity index (χ0v) is 17.2. The van der Waals surface area contributed by atoms with Crippen molar-refractivity contribution >= 4 is 33.2 Å². The lowest BCUT2D eigenvalue weighted by atomic mass is 10.2. The van der Waals surface area contributed by atoms with Crippen LogP contribution in [0.4, 0.5) is 11.4 Å². The van der Waals surface area contributed by atoms with Crippen LogP contribution in [0.2, 0.25) is 0 Å². The van der Waals surface area contributed by atoms with Crippen LogP contribution in [0, 0.1) is 18.3 Å². The molecule has 2 N–H and O–H groups in total. The number of rotatable bonds is 6. The lowest BCUT2D eigenvalue weighted by Crippen LogP contribution is -2.14. The van der Waals surface area contributed by atoms with Crippen molar-refractivity contribution in [2.75, 3.05) is 10.6 Å². The molecule has 0 bridgehead atoms. The summed E-state index contributed by atoms with van der Waals surface area (Å²) in [6.45, 7) is 1.96. The largest absolute Gasteiger partial charge is 0.457 e. The maximum atomic E-state index is 12.4. The van der Waals surface area contributed by atoms with Crippen molar-refractivity contribution in [3.8, 4) is 17.6 Å². The molecule has 3 aromatic rings. The van der Waals surface area contributed by atoms with Crippen LogP contribution in [-0.2, 0) is 4.79 Å². The molecule has 0 aliphatic carbocycles. The Labute approximate surface area is 177 Å². The fraction of sp³-hybridized carbons (Fsp3) is 0.0435. The molecule has 5 nitrogen and oxygen atoms in total. The number of benzene rings is 3. The molecule has 1 amide bonds. The van der Waals surface area contributed by atoms with Crippen LogP contribution in [-0.4, -0.2) is 5.91 Å². The highest BCUT2D eigenvalue weighted by atomic mass is 79.9. The summed E-state index contributed by atoms with van der Waals surface area (Å²) in [6, 6.07) is 23.9. The second-order valence-electron chi connectivity index (χ2n) is 6.17. The Kier molecular flexibility index (Phi) is 6.67. The first-order valence-corrected chi connectivity index (χ1v) is 9.62. The van der Waals surface area contributed by atoms with Gasteiger partial charge in [0.1, 0.15) is 23.1 Å². The Morgan fingerprint density at radius 3 is 2.31 bits per heavy atom. The normalized spacial score (nSPS) is 10.7. The van der Waals surface area contributed by atoms with Crippen LogP contribution >= 0.6 is 15.9 Å². The molecule has 0 saturated carbocycles. The third-order valence-corrected chi connectivity index (χ3v) is 4.89. The first-order chi connectivity index (χ1) is 14.0. The van der Waals surface area contributed by atoms with Gasteiger partial charge in [-0.15, -0.1) is 0 Å². The van der Waals surface area contributed by atoms with E-state index in [1.54, 1.807) is 24.3 Å². The van der Waals surface area contributed by atoms with E-state index in [4.69, 9.17) is 4.74 Å². The van der Waals surface area contributed by atoms with Crippen molar-refractivity contribution < 1.29 is 9.53 Å². The quantitative estimate of drug-likeness (QED) is 0.358. The minimum Gasteiger partial charge on any atom is -0.457 e. The molecular formula is C23H18BrN3O2. The predicted octanol–water partition coefficient (Wildman–Crippen LogP) is 6.01. The van der Waals surface area contributed by atoms with Crippen molar-refractivity contribution in [2.24, 2.45) is 0 Å². The SMILES string of the molecule is Cc1cc(N/C=C(/C#N)C(=O)Nc2ccc(Oc3ccccc3)cc2)ccc1Br. The minimum atomic E-state index is -0.495. The van der Waals surface area contributed by atoms with Gasteiger partial charge in [-0.2, -0.15) is 5.26 Å². The highest BCUT2D eigenvalue weighted by Crippen LogP contribution is 2.23. The van der Waals surface area contributed by atoms with Crippen molar-refractivity contribution in [1.29, 1.82) is 5.26 Å². The number of nitrogens with one attached hydrogen (secondary N) is 2. The second-order valence-corrected chi connectivity index (χ2v) is 7.03. The maximum Gasteiger partial charge on any atom is 0.267 e. The standard InChI is InChI=1S/C23H18BrN3O2/c1-16-13-19(9-12-22(16)24)26-15-17(14-25)23(28)27-18-7-10-21(11-8-18)29-20-5-3-2-4-6-20/h2-13,15,26H,1H3,(H,27,28)/b17-15-. The fourth-order valence-electron chi connectivity index (χ4n) is 2.47. The summed E-state index contributed by atoms with van der Waals surface area (Å²) in [5.74, 6) is 0.885. The molecule has 0 aliphatic heterocycles. The topological polar surface area (TPSA) is 74.2 Å². The van der Waals surface area contributed by atoms with Crippen LogP contribution in [0.5, 0.6) is 11.5 Å². The van der Waals surface area contributed by atoms with Gasteiger partial charge in [-0.1, -0.05) is 34.1 Å². The van der Waals surface area contributed by atoms with Gasteiger partial charge in [-0.05, 0) is 67.1 Å². The summed E-state index contributed by atoms with van der Waals surface area (Å²) in [5, 5.41) is 15.0. The number of aryl methyl sites for hydroxylation is 1. The molecule has 3 aromatic carbocycles. The number of amides is 1. The van der Waals surface area contributed by atoms with Gasteiger partial charge in [0.2, 0.25) is 0 Å². The van der Waals surface area contributed by atoms with Gasteiger partial charge >= 0.3 is 0 Å². The van der Waals surface area contributed by atoms with Gasteiger partial charge in [0.15, 0.2) is 0 Å². The van der Waals surface area contributed by atoms with E-state index in [1.807, 2.05) is 61.5 Å². The molecule has 0 aliphatic rings. The monoisotopic (exact) mass is 447 g/mol. The van der Waals surface area contributed by atoms with Crippen molar-refractivity contribution in [3.63, 3.8) is 0 Å². The third kappa shape index (κ3) is 5.71. The van der Waals surface area contributed by atoms with E-state index in [0.29, 0.717) is 11.4 Å². The molecule has 0 aromatic heterocycles. The summed E-state index contributed by atoms with van der Waals surface area (Å²) < 4.78 is 6.71. The van der Waals surface area contributed by atoms with Crippen molar-refractivity contribution in [1.82, 2.24) is 0 Å². The van der Waals surface area contributed by atoms with E-state index in [0.717, 1.165) is 21.5 Å². The minimum absolute atomic E-state index is 0.0322. The molecule has 0 saturated heterocycles. The predicted molar refractivity (Wildman–Crippen MR) is 118 cm³/mol. The molecule has 0 atom stereocenters. The zero-order chi connectivity index (χ0) is 20.6. The zero-order valence-electron chi connectivity index (χ0n) is 15.6. The van der Waals surface area contributed by atoms with Crippen LogP contribution in [0.15, 0.2) is 89.0 Å². The Morgan fingerprint density at radius 2 is 1.66 bits per heavy atom. The smallest absolute Gasteiger partial charge is 0.267 e. The van der Waals surface area contributed by atoms with Gasteiger partial charge in [0.25, 0.3) is 5.91 Å². The third-order valence-electron chi connectivity index (χ3n) is 4.00. The van der Waals surface area contributed by atoms with Gasteiger partial charge in [0, 0.05) is 22.0 Å². The molecule has 0 heterocycles. The van der Waals surface area contributed by atoms with E-state index in [1.165, 1.54) is 6.20 Å². The van der Waals surface area contributed by atoms with Crippen molar-refractivity contribution in [3.05, 3.63) is 94.6 Å². The Balaban J connectivity index is 1.63. The van der Waals surface area contributed by atoms with Gasteiger partial charge in [0.05, 0.1) is 0 Å². The Hall–Kier alpha value is -3.56. The van der Waals surface area contributed by atoms with Crippen LogP contribution in [0.1, 0.15) is 5.56 Å². The van der Waals surface area contributed by atoms with E-state index < -0.39 is 5.91 Å². The number of halogens is 1. The highest BCUT2D eigenvalue weighted by molar-refractivity contribution is 9.10. The van der Waals surface area contributed by atoms with E-state index in [9.17, 15) is 10.1 Å². The average Bonchev–Trinajstić information content (AvgIpc) is 2.73. The van der Waals surface area contributed by atoms with Gasteiger partial charge in [-0.3, -0.25) is 4.79 Å².